The van der Waals surface area contributed by atoms with E-state index in [4.69, 9.17) is 24.5 Å². The number of carboxylic acids is 2. The predicted octanol–water partition coefficient (Wildman–Crippen LogP) is 4.76. The first-order chi connectivity index (χ1) is 30.0. The van der Waals surface area contributed by atoms with E-state index < -0.39 is 11.9 Å². The quantitative estimate of drug-likeness (QED) is 0.0860. The van der Waals surface area contributed by atoms with Crippen LogP contribution in [-0.2, 0) is 22.7 Å². The number of rotatable bonds is 12. The van der Waals surface area contributed by atoms with Gasteiger partial charge in [-0.05, 0) is 119 Å². The van der Waals surface area contributed by atoms with Crippen molar-refractivity contribution in [2.75, 3.05) is 18.5 Å². The monoisotopic (exact) mass is 914 g/mol. The fourth-order valence-corrected chi connectivity index (χ4v) is 8.21. The van der Waals surface area contributed by atoms with Crippen LogP contribution in [0.5, 0.6) is 5.75 Å². The molecule has 328 valence electrons. The van der Waals surface area contributed by atoms with Gasteiger partial charge in [0.05, 0.1) is 6.61 Å². The highest BCUT2D eigenvalue weighted by Crippen LogP contribution is 2.39. The Morgan fingerprint density at radius 1 is 0.694 bits per heavy atom. The number of piperidine rings is 1. The Balaban J connectivity index is 0.000000169. The Hall–Kier alpha value is -6.34. The Morgan fingerprint density at radius 2 is 1.19 bits per heavy atom. The fraction of sp³-hybridized carbons (Fsp3) is 0.395. The van der Waals surface area contributed by atoms with Crippen LogP contribution in [0.3, 0.4) is 0 Å². The molecule has 2 aliphatic heterocycles. The summed E-state index contributed by atoms with van der Waals surface area (Å²) in [5, 5.41) is 30.5. The fourth-order valence-electron chi connectivity index (χ4n) is 7.81. The summed E-state index contributed by atoms with van der Waals surface area (Å²) in [6.07, 6.45) is 14.4. The molecule has 9 rings (SSSR count). The summed E-state index contributed by atoms with van der Waals surface area (Å²) >= 11 is 3.36. The third kappa shape index (κ3) is 11.7. The molecule has 2 atom stereocenters. The van der Waals surface area contributed by atoms with Crippen LogP contribution < -0.4 is 21.8 Å². The molecule has 8 heterocycles. The highest BCUT2D eigenvalue weighted by atomic mass is 79.9. The van der Waals surface area contributed by atoms with Gasteiger partial charge in [0.1, 0.15) is 5.75 Å². The molecular weight excluding hydrogens is 864 g/mol. The normalized spacial score (nSPS) is 16.8. The number of aromatic nitrogens is 9. The summed E-state index contributed by atoms with van der Waals surface area (Å²) in [5.74, 6) is -1.96. The van der Waals surface area contributed by atoms with E-state index in [1.54, 1.807) is 44.2 Å². The van der Waals surface area contributed by atoms with Gasteiger partial charge in [0.15, 0.2) is 16.9 Å². The van der Waals surface area contributed by atoms with Crippen LogP contribution in [0.1, 0.15) is 56.9 Å². The number of hydrogen-bond donors (Lipinski definition) is 3. The summed E-state index contributed by atoms with van der Waals surface area (Å²) in [4.78, 5) is 55.9. The van der Waals surface area contributed by atoms with Crippen molar-refractivity contribution < 1.29 is 24.5 Å². The number of halogens is 1. The van der Waals surface area contributed by atoms with Crippen molar-refractivity contribution in [3.8, 4) is 5.75 Å². The van der Waals surface area contributed by atoms with Crippen LogP contribution in [0.15, 0.2) is 112 Å². The molecule has 0 aliphatic carbocycles. The number of alkyl halides is 1. The second-order valence-electron chi connectivity index (χ2n) is 15.1. The van der Waals surface area contributed by atoms with Crippen molar-refractivity contribution in [2.45, 2.75) is 83.5 Å². The van der Waals surface area contributed by atoms with E-state index in [0.717, 1.165) is 55.6 Å². The van der Waals surface area contributed by atoms with Crippen molar-refractivity contribution in [2.24, 2.45) is 5.92 Å². The number of para-hydroxylation sites is 1. The molecule has 19 heteroatoms. The van der Waals surface area contributed by atoms with Crippen LogP contribution in [0.25, 0.3) is 16.9 Å². The average Bonchev–Trinajstić information content (AvgIpc) is 3.99. The molecule has 62 heavy (non-hydrogen) atoms. The third-order valence-electron chi connectivity index (χ3n) is 10.8. The van der Waals surface area contributed by atoms with Crippen LogP contribution in [-0.4, -0.2) is 101 Å². The Morgan fingerprint density at radius 3 is 1.71 bits per heavy atom. The van der Waals surface area contributed by atoms with E-state index >= 15 is 0 Å². The second kappa shape index (κ2) is 22.0. The number of carboxylic acid groups (broad SMARTS) is 2. The maximum atomic E-state index is 12.4. The molecule has 6 aromatic heterocycles. The highest BCUT2D eigenvalue weighted by Gasteiger charge is 2.40. The van der Waals surface area contributed by atoms with Gasteiger partial charge in [0.2, 0.25) is 0 Å². The number of fused-ring (bicyclic) bond motifs is 5. The van der Waals surface area contributed by atoms with Gasteiger partial charge in [-0.2, -0.15) is 5.10 Å². The van der Waals surface area contributed by atoms with E-state index in [2.05, 4.69) is 72.4 Å². The van der Waals surface area contributed by atoms with Crippen molar-refractivity contribution in [1.82, 2.24) is 47.9 Å². The van der Waals surface area contributed by atoms with Gasteiger partial charge in [-0.1, -0.05) is 52.3 Å². The Bertz CT molecular complexity index is 2710. The van der Waals surface area contributed by atoms with Crippen LogP contribution in [0, 0.1) is 12.8 Å². The lowest BCUT2D eigenvalue weighted by Gasteiger charge is -2.39. The number of aliphatic carboxylic acids is 2. The molecule has 1 aromatic carbocycles. The number of benzene rings is 1. The molecule has 2 bridgehead atoms. The first kappa shape index (κ1) is 45.2. The number of nitrogens with one attached hydrogen (secondary N) is 1. The highest BCUT2D eigenvalue weighted by molar-refractivity contribution is 9.09. The lowest BCUT2D eigenvalue weighted by atomic mass is 9.91. The van der Waals surface area contributed by atoms with Gasteiger partial charge in [-0.25, -0.2) is 38.4 Å². The first-order valence-electron chi connectivity index (χ1n) is 20.6. The standard InChI is InChI=1S/C25H32N4O2.C10H12BrN3O.C6H5N3O.C2H2O4/c1-19-8-2-3-9-23(19)31-18-20-16-21-11-12-22(17-20)27(21)13-6-7-15-29-25(30)28-14-5-4-10-24(28)26-29;11-6-2-4-8-14-10(15)13-7-3-1-5-9(13)12-14;10-6-8-7-5-3-1-2-4-9(5)6;3-1(4)2(5)6/h2-5,8-10,14,20-22H,6-7,11-13,15-18H2,1H3;1,3,5,7H,2,4,6,8H2;1-4H,(H,8,10);(H,3,4)(H,5,6). The predicted molar refractivity (Wildman–Crippen MR) is 235 cm³/mol. The zero-order valence-corrected chi connectivity index (χ0v) is 36.0. The number of hydrogen-bond acceptors (Lipinski definition) is 10. The van der Waals surface area contributed by atoms with Crippen molar-refractivity contribution in [1.29, 1.82) is 0 Å². The minimum atomic E-state index is -1.82. The molecule has 2 aliphatic rings. The lowest BCUT2D eigenvalue weighted by Crippen LogP contribution is -2.44. The third-order valence-corrected chi connectivity index (χ3v) is 11.4. The maximum absolute atomic E-state index is 12.4. The van der Waals surface area contributed by atoms with E-state index in [-0.39, 0.29) is 17.1 Å². The number of aryl methyl sites for hydroxylation is 3. The molecule has 2 unspecified atom stereocenters. The summed E-state index contributed by atoms with van der Waals surface area (Å²) in [5.41, 5.74) is 3.00. The molecule has 3 N–H and O–H groups in total. The number of aromatic amines is 1. The van der Waals surface area contributed by atoms with Crippen molar-refractivity contribution in [3.05, 3.63) is 134 Å². The minimum Gasteiger partial charge on any atom is -0.493 e. The molecule has 0 radical (unpaired) electrons. The molecule has 2 saturated heterocycles. The lowest BCUT2D eigenvalue weighted by molar-refractivity contribution is -0.159. The smallest absolute Gasteiger partial charge is 0.414 e. The number of ether oxygens (including phenoxy) is 1. The number of pyridine rings is 3. The molecule has 18 nitrogen and oxygen atoms in total. The SMILES string of the molecule is Cc1ccccc1OCC1CC2CCC(C1)N2CCCCn1nc2ccccn2c1=O.O=C(O)C(=O)O.O=c1[nH]nc2ccccn12.O=c1n(CCCCBr)nc2ccccn12. The minimum absolute atomic E-state index is 0.0369. The van der Waals surface area contributed by atoms with E-state index in [0.29, 0.717) is 42.4 Å². The number of unbranched alkanes of at least 4 members (excludes halogenated alkanes) is 2. The van der Waals surface area contributed by atoms with Crippen LogP contribution >= 0.6 is 15.9 Å². The second-order valence-corrected chi connectivity index (χ2v) is 15.9. The van der Waals surface area contributed by atoms with Gasteiger partial charge in [0.25, 0.3) is 0 Å². The molecular formula is C43H51BrN10O8. The average molecular weight is 916 g/mol. The van der Waals surface area contributed by atoms with Gasteiger partial charge in [-0.3, -0.25) is 18.1 Å². The molecule has 0 spiro atoms. The summed E-state index contributed by atoms with van der Waals surface area (Å²) in [6, 6.07) is 26.3. The van der Waals surface area contributed by atoms with Gasteiger partial charge in [0, 0.05) is 49.1 Å². The maximum Gasteiger partial charge on any atom is 0.414 e. The zero-order valence-electron chi connectivity index (χ0n) is 34.4. The van der Waals surface area contributed by atoms with Crippen molar-refractivity contribution in [3.63, 3.8) is 0 Å². The Labute approximate surface area is 364 Å². The molecule has 0 saturated carbocycles. The topological polar surface area (TPSA) is 216 Å². The molecule has 7 aromatic rings. The van der Waals surface area contributed by atoms with Gasteiger partial charge in [-0.15, -0.1) is 10.2 Å². The Kier molecular flexibility index (Phi) is 16.0. The largest absolute Gasteiger partial charge is 0.493 e. The first-order valence-corrected chi connectivity index (χ1v) is 21.7. The van der Waals surface area contributed by atoms with E-state index in [9.17, 15) is 14.4 Å². The van der Waals surface area contributed by atoms with Crippen LogP contribution in [0.2, 0.25) is 0 Å². The molecule has 2 fully saturated rings. The van der Waals surface area contributed by atoms with Gasteiger partial charge < -0.3 is 14.9 Å². The zero-order chi connectivity index (χ0) is 44.0. The number of carbonyl (C=O) groups is 2. The number of nitrogens with zero attached hydrogens (tertiary/aromatic N) is 9. The van der Waals surface area contributed by atoms with Crippen LogP contribution in [0.4, 0.5) is 0 Å². The number of H-pyrrole nitrogens is 1. The summed E-state index contributed by atoms with van der Waals surface area (Å²) in [6.45, 7) is 5.45. The molecule has 0 amide bonds. The summed E-state index contributed by atoms with van der Waals surface area (Å²) in [7, 11) is 0. The van der Waals surface area contributed by atoms with E-state index in [1.165, 1.54) is 40.3 Å². The van der Waals surface area contributed by atoms with Crippen molar-refractivity contribution >= 4 is 44.8 Å². The summed E-state index contributed by atoms with van der Waals surface area (Å²) < 4.78 is 13.9. The van der Waals surface area contributed by atoms with E-state index in [1.807, 2.05) is 42.5 Å². The van der Waals surface area contributed by atoms with Gasteiger partial charge >= 0.3 is 29.0 Å².